The molecule has 2 aromatic rings. The summed E-state index contributed by atoms with van der Waals surface area (Å²) in [5, 5.41) is 3.05. The van der Waals surface area contributed by atoms with Crippen molar-refractivity contribution in [3.8, 4) is 5.75 Å². The van der Waals surface area contributed by atoms with E-state index < -0.39 is 6.04 Å². The van der Waals surface area contributed by atoms with E-state index in [0.29, 0.717) is 13.0 Å². The van der Waals surface area contributed by atoms with Crippen LogP contribution in [0.5, 0.6) is 5.75 Å². The van der Waals surface area contributed by atoms with Crippen molar-refractivity contribution in [1.29, 1.82) is 0 Å². The van der Waals surface area contributed by atoms with Gasteiger partial charge < -0.3 is 15.0 Å². The summed E-state index contributed by atoms with van der Waals surface area (Å²) in [6.07, 6.45) is 1.65. The van der Waals surface area contributed by atoms with Gasteiger partial charge in [0, 0.05) is 12.6 Å². The predicted octanol–water partition coefficient (Wildman–Crippen LogP) is 4.58. The molecule has 0 aliphatic rings. The van der Waals surface area contributed by atoms with E-state index in [9.17, 15) is 9.59 Å². The smallest absolute Gasteiger partial charge is 0.243 e. The maximum absolute atomic E-state index is 13.4. The van der Waals surface area contributed by atoms with Gasteiger partial charge in [-0.15, -0.1) is 0 Å². The Balaban J connectivity index is 2.33. The van der Waals surface area contributed by atoms with Crippen LogP contribution in [0.25, 0.3) is 0 Å². The Bertz CT molecular complexity index is 894. The number of aryl methyl sites for hydroxylation is 2. The van der Waals surface area contributed by atoms with Crippen LogP contribution in [0.15, 0.2) is 42.5 Å². The second kappa shape index (κ2) is 11.5. The zero-order valence-corrected chi connectivity index (χ0v) is 19.7. The molecule has 168 valence electrons. The van der Waals surface area contributed by atoms with Gasteiger partial charge >= 0.3 is 0 Å². The number of carbonyl (C=O) groups excluding carboxylic acids is 2. The summed E-state index contributed by atoms with van der Waals surface area (Å²) >= 11 is 0. The van der Waals surface area contributed by atoms with Gasteiger partial charge in [0.25, 0.3) is 0 Å². The maximum Gasteiger partial charge on any atom is 0.243 e. The van der Waals surface area contributed by atoms with E-state index in [1.165, 1.54) is 5.56 Å². The van der Waals surface area contributed by atoms with E-state index in [1.54, 1.807) is 12.0 Å². The number of nitrogens with zero attached hydrogens (tertiary/aromatic N) is 1. The molecule has 0 aliphatic heterocycles. The molecular formula is C26H36N2O3. The fourth-order valence-corrected chi connectivity index (χ4v) is 3.52. The van der Waals surface area contributed by atoms with Crippen LogP contribution in [0.4, 0.5) is 0 Å². The fourth-order valence-electron chi connectivity index (χ4n) is 3.52. The number of methoxy groups -OCH3 is 1. The molecule has 0 aliphatic carbocycles. The lowest BCUT2D eigenvalue weighted by Crippen LogP contribution is -2.51. The third-order valence-electron chi connectivity index (χ3n) is 5.80. The summed E-state index contributed by atoms with van der Waals surface area (Å²) in [4.78, 5) is 28.2. The molecule has 0 unspecified atom stereocenters. The number of hydrogen-bond acceptors (Lipinski definition) is 3. The summed E-state index contributed by atoms with van der Waals surface area (Å²) in [5.74, 6) is 0.571. The van der Waals surface area contributed by atoms with Crippen LogP contribution >= 0.6 is 0 Å². The number of amides is 2. The zero-order valence-electron chi connectivity index (χ0n) is 19.7. The number of nitrogens with one attached hydrogen (secondary N) is 1. The second-order valence-electron chi connectivity index (χ2n) is 8.21. The Morgan fingerprint density at radius 2 is 1.74 bits per heavy atom. The Labute approximate surface area is 186 Å². The molecule has 0 saturated heterocycles. The zero-order chi connectivity index (χ0) is 23.0. The van der Waals surface area contributed by atoms with Gasteiger partial charge in [-0.05, 0) is 68.0 Å². The van der Waals surface area contributed by atoms with Crippen LogP contribution in [0.3, 0.4) is 0 Å². The van der Waals surface area contributed by atoms with Crippen molar-refractivity contribution in [2.45, 2.75) is 72.5 Å². The monoisotopic (exact) mass is 424 g/mol. The molecule has 0 bridgehead atoms. The molecule has 2 rings (SSSR count). The molecule has 0 aromatic heterocycles. The highest BCUT2D eigenvalue weighted by atomic mass is 16.5. The van der Waals surface area contributed by atoms with Crippen molar-refractivity contribution in [1.82, 2.24) is 10.2 Å². The lowest BCUT2D eigenvalue weighted by atomic mass is 10.0. The van der Waals surface area contributed by atoms with Crippen LogP contribution in [-0.4, -0.2) is 35.9 Å². The van der Waals surface area contributed by atoms with Crippen LogP contribution < -0.4 is 10.1 Å². The standard InChI is InChI=1S/C26H36N2O3/c1-7-20(5)27-26(30)24(8-2)28(17-22-10-9-11-23(15-22)31-6)25(29)16-21-13-12-18(3)19(4)14-21/h9-15,20,24H,7-8,16-17H2,1-6H3,(H,27,30)/t20-,24+/m1/s1. The third kappa shape index (κ3) is 6.84. The van der Waals surface area contributed by atoms with Crippen molar-refractivity contribution in [3.63, 3.8) is 0 Å². The maximum atomic E-state index is 13.4. The van der Waals surface area contributed by atoms with Crippen molar-refractivity contribution in [2.24, 2.45) is 0 Å². The molecule has 1 N–H and O–H groups in total. The second-order valence-corrected chi connectivity index (χ2v) is 8.21. The Hall–Kier alpha value is -2.82. The first-order chi connectivity index (χ1) is 14.8. The highest BCUT2D eigenvalue weighted by molar-refractivity contribution is 5.88. The number of rotatable bonds is 10. The number of carbonyl (C=O) groups is 2. The average molecular weight is 425 g/mol. The molecule has 2 aromatic carbocycles. The summed E-state index contributed by atoms with van der Waals surface area (Å²) in [5.41, 5.74) is 4.25. The average Bonchev–Trinajstić information content (AvgIpc) is 2.76. The SMILES string of the molecule is CC[C@@H](C)NC(=O)[C@H](CC)N(Cc1cccc(OC)c1)C(=O)Cc1ccc(C)c(C)c1. The van der Waals surface area contributed by atoms with E-state index in [1.807, 2.05) is 64.1 Å². The van der Waals surface area contributed by atoms with Crippen LogP contribution in [-0.2, 0) is 22.6 Å². The normalized spacial score (nSPS) is 12.7. The predicted molar refractivity (Wildman–Crippen MR) is 125 cm³/mol. The van der Waals surface area contributed by atoms with E-state index in [-0.39, 0.29) is 24.3 Å². The molecule has 0 fully saturated rings. The van der Waals surface area contributed by atoms with Gasteiger partial charge in [-0.3, -0.25) is 9.59 Å². The van der Waals surface area contributed by atoms with E-state index >= 15 is 0 Å². The molecule has 5 nitrogen and oxygen atoms in total. The molecule has 5 heteroatoms. The first kappa shape index (κ1) is 24.4. The minimum Gasteiger partial charge on any atom is -0.497 e. The van der Waals surface area contributed by atoms with Gasteiger partial charge in [-0.1, -0.05) is 44.2 Å². The van der Waals surface area contributed by atoms with Gasteiger partial charge in [0.1, 0.15) is 11.8 Å². The van der Waals surface area contributed by atoms with Crippen molar-refractivity contribution < 1.29 is 14.3 Å². The largest absolute Gasteiger partial charge is 0.497 e. The minimum atomic E-state index is -0.528. The quantitative estimate of drug-likeness (QED) is 0.607. The molecule has 0 heterocycles. The topological polar surface area (TPSA) is 58.6 Å². The van der Waals surface area contributed by atoms with Gasteiger partial charge in [0.15, 0.2) is 0 Å². The Morgan fingerprint density at radius 3 is 2.35 bits per heavy atom. The molecular weight excluding hydrogens is 388 g/mol. The molecule has 0 spiro atoms. The molecule has 0 saturated carbocycles. The third-order valence-corrected chi connectivity index (χ3v) is 5.80. The lowest BCUT2D eigenvalue weighted by Gasteiger charge is -2.31. The number of benzene rings is 2. The van der Waals surface area contributed by atoms with Crippen molar-refractivity contribution in [2.75, 3.05) is 7.11 Å². The van der Waals surface area contributed by atoms with Crippen LogP contribution in [0, 0.1) is 13.8 Å². The molecule has 0 radical (unpaired) electrons. The highest BCUT2D eigenvalue weighted by Gasteiger charge is 2.29. The fraction of sp³-hybridized carbons (Fsp3) is 0.462. The first-order valence-electron chi connectivity index (χ1n) is 11.1. The van der Waals surface area contributed by atoms with Crippen molar-refractivity contribution in [3.05, 3.63) is 64.7 Å². The van der Waals surface area contributed by atoms with Gasteiger partial charge in [-0.25, -0.2) is 0 Å². The molecule has 2 atom stereocenters. The van der Waals surface area contributed by atoms with E-state index in [0.717, 1.165) is 28.9 Å². The van der Waals surface area contributed by atoms with Gasteiger partial charge in [-0.2, -0.15) is 0 Å². The lowest BCUT2D eigenvalue weighted by molar-refractivity contribution is -0.141. The van der Waals surface area contributed by atoms with Gasteiger partial charge in [0.05, 0.1) is 13.5 Å². The van der Waals surface area contributed by atoms with Gasteiger partial charge in [0.2, 0.25) is 11.8 Å². The Morgan fingerprint density at radius 1 is 1.00 bits per heavy atom. The first-order valence-corrected chi connectivity index (χ1v) is 11.1. The minimum absolute atomic E-state index is 0.0581. The number of hydrogen-bond donors (Lipinski definition) is 1. The summed E-state index contributed by atoms with van der Waals surface area (Å²) in [7, 11) is 1.62. The molecule has 31 heavy (non-hydrogen) atoms. The number of ether oxygens (including phenoxy) is 1. The van der Waals surface area contributed by atoms with Crippen molar-refractivity contribution >= 4 is 11.8 Å². The van der Waals surface area contributed by atoms with E-state index in [2.05, 4.69) is 18.3 Å². The van der Waals surface area contributed by atoms with Crippen LogP contribution in [0.1, 0.15) is 55.9 Å². The summed E-state index contributed by atoms with van der Waals surface area (Å²) in [6.45, 7) is 10.4. The summed E-state index contributed by atoms with van der Waals surface area (Å²) < 4.78 is 5.34. The molecule has 2 amide bonds. The highest BCUT2D eigenvalue weighted by Crippen LogP contribution is 2.19. The Kier molecular flexibility index (Phi) is 9.10. The van der Waals surface area contributed by atoms with E-state index in [4.69, 9.17) is 4.74 Å². The summed E-state index contributed by atoms with van der Waals surface area (Å²) in [6, 6.07) is 13.3. The van der Waals surface area contributed by atoms with Crippen LogP contribution in [0.2, 0.25) is 0 Å².